The summed E-state index contributed by atoms with van der Waals surface area (Å²) in [6.45, 7) is 0. The van der Waals surface area contributed by atoms with E-state index in [0.717, 1.165) is 20.7 Å². The van der Waals surface area contributed by atoms with E-state index in [1.807, 2.05) is 72.8 Å². The molecule has 32 heavy (non-hydrogen) atoms. The van der Waals surface area contributed by atoms with Crippen LogP contribution in [0, 0.1) is 0 Å². The Hall–Kier alpha value is -2.41. The highest BCUT2D eigenvalue weighted by atomic mass is 28.5. The Morgan fingerprint density at radius 1 is 0.281 bits per heavy atom. The first-order valence-corrected chi connectivity index (χ1v) is 15.5. The molecule has 0 saturated carbocycles. The SMILES string of the molecule is c1ccc([Si]2O[Si](c3ccccc3)O[Si](c3ccccc3)O[Si](c3ccccc3)O2)cc1. The van der Waals surface area contributed by atoms with Crippen LogP contribution >= 0.6 is 0 Å². The van der Waals surface area contributed by atoms with Crippen molar-refractivity contribution in [1.82, 2.24) is 0 Å². The Balaban J connectivity index is 1.55. The first kappa shape index (κ1) is 21.4. The van der Waals surface area contributed by atoms with E-state index in [-0.39, 0.29) is 0 Å². The Morgan fingerprint density at radius 3 is 0.656 bits per heavy atom. The van der Waals surface area contributed by atoms with Gasteiger partial charge < -0.3 is 16.5 Å². The van der Waals surface area contributed by atoms with E-state index >= 15 is 0 Å². The lowest BCUT2D eigenvalue weighted by molar-refractivity contribution is 0.309. The molecule has 1 aliphatic rings. The van der Waals surface area contributed by atoms with Crippen molar-refractivity contribution in [3.63, 3.8) is 0 Å². The van der Waals surface area contributed by atoms with Crippen LogP contribution in [-0.4, -0.2) is 37.1 Å². The lowest BCUT2D eigenvalue weighted by Crippen LogP contribution is -2.61. The van der Waals surface area contributed by atoms with Crippen LogP contribution in [0.4, 0.5) is 0 Å². The summed E-state index contributed by atoms with van der Waals surface area (Å²) in [6.07, 6.45) is 0. The first-order valence-electron chi connectivity index (χ1n) is 10.3. The summed E-state index contributed by atoms with van der Waals surface area (Å²) in [4.78, 5) is 0. The first-order chi connectivity index (χ1) is 15.9. The van der Waals surface area contributed by atoms with E-state index in [1.165, 1.54) is 0 Å². The van der Waals surface area contributed by atoms with Gasteiger partial charge in [0.15, 0.2) is 0 Å². The highest BCUT2D eigenvalue weighted by Crippen LogP contribution is 2.10. The second-order valence-electron chi connectivity index (χ2n) is 7.02. The van der Waals surface area contributed by atoms with Crippen molar-refractivity contribution in [2.45, 2.75) is 0 Å². The molecule has 4 aromatic carbocycles. The molecule has 0 unspecified atom stereocenters. The van der Waals surface area contributed by atoms with Gasteiger partial charge in [0.05, 0.1) is 0 Å². The lowest BCUT2D eigenvalue weighted by Gasteiger charge is -2.32. The van der Waals surface area contributed by atoms with E-state index in [2.05, 4.69) is 48.5 Å². The highest BCUT2D eigenvalue weighted by molar-refractivity contribution is 6.87. The molecule has 4 radical (unpaired) electrons. The second kappa shape index (κ2) is 10.5. The van der Waals surface area contributed by atoms with Gasteiger partial charge in [-0.1, -0.05) is 121 Å². The maximum atomic E-state index is 6.70. The smallest absolute Gasteiger partial charge is 0.405 e. The van der Waals surface area contributed by atoms with Crippen LogP contribution in [0.1, 0.15) is 0 Å². The molecule has 0 aromatic heterocycles. The highest BCUT2D eigenvalue weighted by Gasteiger charge is 2.41. The van der Waals surface area contributed by atoms with Gasteiger partial charge in [-0.3, -0.25) is 0 Å². The zero-order valence-corrected chi connectivity index (χ0v) is 21.2. The molecule has 1 saturated heterocycles. The molecule has 0 bridgehead atoms. The van der Waals surface area contributed by atoms with E-state index < -0.39 is 37.1 Å². The zero-order valence-electron chi connectivity index (χ0n) is 17.2. The van der Waals surface area contributed by atoms with Crippen LogP contribution in [0.2, 0.25) is 0 Å². The maximum absolute atomic E-state index is 6.70. The van der Waals surface area contributed by atoms with Crippen LogP contribution in [0.25, 0.3) is 0 Å². The summed E-state index contributed by atoms with van der Waals surface area (Å²) in [6, 6.07) is 40.7. The second-order valence-corrected chi connectivity index (χ2v) is 14.9. The topological polar surface area (TPSA) is 36.9 Å². The average Bonchev–Trinajstić information content (AvgIpc) is 2.86. The van der Waals surface area contributed by atoms with E-state index in [1.54, 1.807) is 0 Å². The minimum absolute atomic E-state index is 1.05. The van der Waals surface area contributed by atoms with Crippen molar-refractivity contribution in [1.29, 1.82) is 0 Å². The summed E-state index contributed by atoms with van der Waals surface area (Å²) < 4.78 is 26.8. The van der Waals surface area contributed by atoms with Crippen LogP contribution in [0.5, 0.6) is 0 Å². The molecule has 0 aliphatic carbocycles. The van der Waals surface area contributed by atoms with Gasteiger partial charge in [-0.15, -0.1) is 0 Å². The summed E-state index contributed by atoms with van der Waals surface area (Å²) in [5.74, 6) is 0. The fourth-order valence-electron chi connectivity index (χ4n) is 3.19. The van der Waals surface area contributed by atoms with Gasteiger partial charge in [0.1, 0.15) is 0 Å². The summed E-state index contributed by atoms with van der Waals surface area (Å²) in [5, 5.41) is 4.21. The van der Waals surface area contributed by atoms with Gasteiger partial charge in [0.25, 0.3) is 0 Å². The minimum atomic E-state index is -1.82. The fourth-order valence-corrected chi connectivity index (χ4v) is 13.7. The van der Waals surface area contributed by atoms with Crippen molar-refractivity contribution in [2.75, 3.05) is 0 Å². The van der Waals surface area contributed by atoms with Gasteiger partial charge in [-0.25, -0.2) is 0 Å². The van der Waals surface area contributed by atoms with Gasteiger partial charge in [0, 0.05) is 0 Å². The molecule has 1 heterocycles. The predicted octanol–water partition coefficient (Wildman–Crippen LogP) is 1.65. The molecular formula is C24H20O4Si4. The monoisotopic (exact) mass is 484 g/mol. The molecule has 1 fully saturated rings. The van der Waals surface area contributed by atoms with Gasteiger partial charge in [-0.2, -0.15) is 0 Å². The van der Waals surface area contributed by atoms with Crippen molar-refractivity contribution < 1.29 is 16.5 Å². The van der Waals surface area contributed by atoms with Crippen molar-refractivity contribution in [3.8, 4) is 0 Å². The molecular weight excluding hydrogens is 465 g/mol. The Morgan fingerprint density at radius 2 is 0.469 bits per heavy atom. The number of hydrogen-bond acceptors (Lipinski definition) is 4. The summed E-state index contributed by atoms with van der Waals surface area (Å²) >= 11 is 0. The van der Waals surface area contributed by atoms with Crippen LogP contribution < -0.4 is 20.7 Å². The normalized spacial score (nSPS) is 17.0. The predicted molar refractivity (Wildman–Crippen MR) is 132 cm³/mol. The van der Waals surface area contributed by atoms with Gasteiger partial charge in [0.2, 0.25) is 0 Å². The lowest BCUT2D eigenvalue weighted by atomic mass is 10.4. The third-order valence-corrected chi connectivity index (χ3v) is 13.9. The molecule has 5 rings (SSSR count). The quantitative estimate of drug-likeness (QED) is 0.413. The third-order valence-electron chi connectivity index (χ3n) is 4.78. The number of hydrogen-bond donors (Lipinski definition) is 0. The molecule has 8 heteroatoms. The largest absolute Gasteiger partial charge is 0.407 e. The standard InChI is InChI=1S/C24H20O4Si4/c1-5-13-21(14-6-1)29-25-30(22-15-7-2-8-16-22)27-32(24-19-11-4-12-20-24)28-31(26-29)23-17-9-3-10-18-23/h1-20H. The Labute approximate surface area is 195 Å². The maximum Gasteiger partial charge on any atom is 0.405 e. The number of benzene rings is 4. The van der Waals surface area contributed by atoms with Crippen LogP contribution in [0.3, 0.4) is 0 Å². The molecule has 4 aromatic rings. The fraction of sp³-hybridized carbons (Fsp3) is 0. The third kappa shape index (κ3) is 5.14. The average molecular weight is 485 g/mol. The molecule has 0 N–H and O–H groups in total. The van der Waals surface area contributed by atoms with E-state index in [0.29, 0.717) is 0 Å². The summed E-state index contributed by atoms with van der Waals surface area (Å²) in [7, 11) is -7.29. The molecule has 0 atom stereocenters. The molecule has 1 aliphatic heterocycles. The van der Waals surface area contributed by atoms with Crippen molar-refractivity contribution >= 4 is 57.9 Å². The summed E-state index contributed by atoms with van der Waals surface area (Å²) in [5.41, 5.74) is 0. The van der Waals surface area contributed by atoms with Gasteiger partial charge in [-0.05, 0) is 20.7 Å². The van der Waals surface area contributed by atoms with E-state index in [9.17, 15) is 0 Å². The Bertz CT molecular complexity index is 914. The minimum Gasteiger partial charge on any atom is -0.407 e. The molecule has 0 spiro atoms. The molecule has 156 valence electrons. The van der Waals surface area contributed by atoms with Gasteiger partial charge >= 0.3 is 37.1 Å². The number of rotatable bonds is 4. The van der Waals surface area contributed by atoms with E-state index in [4.69, 9.17) is 16.5 Å². The zero-order chi connectivity index (χ0) is 21.6. The van der Waals surface area contributed by atoms with Crippen molar-refractivity contribution in [3.05, 3.63) is 121 Å². The van der Waals surface area contributed by atoms with Crippen LogP contribution in [0.15, 0.2) is 121 Å². The Kier molecular flexibility index (Phi) is 7.01. The molecule has 4 nitrogen and oxygen atoms in total. The van der Waals surface area contributed by atoms with Crippen molar-refractivity contribution in [2.24, 2.45) is 0 Å². The molecule has 0 amide bonds. The van der Waals surface area contributed by atoms with Crippen LogP contribution in [-0.2, 0) is 16.5 Å².